The topological polar surface area (TPSA) is 82.3 Å². The van der Waals surface area contributed by atoms with Crippen LogP contribution in [0.5, 0.6) is 0 Å². The molecule has 6 heteroatoms. The van der Waals surface area contributed by atoms with E-state index in [1.54, 1.807) is 13.4 Å². The maximum atomic E-state index is 5.80. The smallest absolute Gasteiger partial charge is 0.137 e. The Labute approximate surface area is 118 Å². The zero-order chi connectivity index (χ0) is 14.2. The minimum atomic E-state index is 0.628. The van der Waals surface area contributed by atoms with Gasteiger partial charge >= 0.3 is 0 Å². The maximum Gasteiger partial charge on any atom is 0.137 e. The zero-order valence-corrected chi connectivity index (χ0v) is 11.6. The summed E-state index contributed by atoms with van der Waals surface area (Å²) in [5, 5.41) is 4.23. The summed E-state index contributed by atoms with van der Waals surface area (Å²) >= 11 is 0. The number of anilines is 2. The van der Waals surface area contributed by atoms with Gasteiger partial charge in [0.2, 0.25) is 0 Å². The van der Waals surface area contributed by atoms with Crippen molar-refractivity contribution in [2.75, 3.05) is 44.5 Å². The monoisotopic (exact) mass is 276 g/mol. The molecule has 20 heavy (non-hydrogen) atoms. The van der Waals surface area contributed by atoms with Crippen molar-refractivity contribution >= 4 is 22.4 Å². The van der Waals surface area contributed by atoms with Crippen LogP contribution in [-0.2, 0) is 9.47 Å². The second-order valence-corrected chi connectivity index (χ2v) is 4.38. The number of ether oxygens (including phenoxy) is 2. The molecule has 0 spiro atoms. The summed E-state index contributed by atoms with van der Waals surface area (Å²) in [6.45, 7) is 2.74. The Kier molecular flexibility index (Phi) is 5.52. The van der Waals surface area contributed by atoms with Crippen molar-refractivity contribution in [1.82, 2.24) is 9.97 Å². The first-order valence-corrected chi connectivity index (χ1v) is 6.62. The first kappa shape index (κ1) is 14.5. The number of fused-ring (bicyclic) bond motifs is 1. The van der Waals surface area contributed by atoms with E-state index >= 15 is 0 Å². The molecule has 0 aliphatic rings. The molecule has 2 aromatic rings. The Balaban J connectivity index is 1.85. The Bertz CT molecular complexity index is 548. The third-order valence-electron chi connectivity index (χ3n) is 2.85. The minimum Gasteiger partial charge on any atom is -0.399 e. The molecule has 0 aliphatic carbocycles. The summed E-state index contributed by atoms with van der Waals surface area (Å²) in [6, 6.07) is 5.61. The van der Waals surface area contributed by atoms with Crippen LogP contribution in [0.15, 0.2) is 24.5 Å². The highest BCUT2D eigenvalue weighted by atomic mass is 16.5. The molecule has 108 valence electrons. The van der Waals surface area contributed by atoms with E-state index in [0.717, 1.165) is 29.7 Å². The third kappa shape index (κ3) is 4.04. The number of benzene rings is 1. The van der Waals surface area contributed by atoms with E-state index in [9.17, 15) is 0 Å². The summed E-state index contributed by atoms with van der Waals surface area (Å²) in [4.78, 5) is 8.47. The van der Waals surface area contributed by atoms with Crippen LogP contribution < -0.4 is 11.1 Å². The molecule has 1 heterocycles. The fraction of sp³-hybridized carbons (Fsp3) is 0.429. The van der Waals surface area contributed by atoms with Gasteiger partial charge in [0.25, 0.3) is 0 Å². The van der Waals surface area contributed by atoms with Crippen molar-refractivity contribution in [1.29, 1.82) is 0 Å². The minimum absolute atomic E-state index is 0.628. The van der Waals surface area contributed by atoms with Crippen molar-refractivity contribution in [3.63, 3.8) is 0 Å². The average molecular weight is 276 g/mol. The number of methoxy groups -OCH3 is 1. The van der Waals surface area contributed by atoms with Crippen molar-refractivity contribution in [3.8, 4) is 0 Å². The normalized spacial score (nSPS) is 10.8. The van der Waals surface area contributed by atoms with Crippen molar-refractivity contribution in [3.05, 3.63) is 24.5 Å². The van der Waals surface area contributed by atoms with Crippen LogP contribution >= 0.6 is 0 Å². The molecule has 0 saturated heterocycles. The predicted octanol–water partition coefficient (Wildman–Crippen LogP) is 1.68. The van der Waals surface area contributed by atoms with Gasteiger partial charge in [-0.3, -0.25) is 0 Å². The van der Waals surface area contributed by atoms with Crippen molar-refractivity contribution < 1.29 is 9.47 Å². The quantitative estimate of drug-likeness (QED) is 0.564. The predicted molar refractivity (Wildman–Crippen MR) is 79.8 cm³/mol. The van der Waals surface area contributed by atoms with Crippen molar-refractivity contribution in [2.24, 2.45) is 0 Å². The molecule has 0 atom stereocenters. The lowest BCUT2D eigenvalue weighted by Crippen LogP contribution is -2.09. The van der Waals surface area contributed by atoms with Crippen LogP contribution in [0, 0.1) is 0 Å². The molecule has 6 nitrogen and oxygen atoms in total. The lowest BCUT2D eigenvalue weighted by Gasteiger charge is -2.09. The van der Waals surface area contributed by atoms with Gasteiger partial charge in [-0.15, -0.1) is 0 Å². The lowest BCUT2D eigenvalue weighted by molar-refractivity contribution is 0.0705. The van der Waals surface area contributed by atoms with Gasteiger partial charge < -0.3 is 20.5 Å². The number of rotatable bonds is 8. The summed E-state index contributed by atoms with van der Waals surface area (Å²) < 4.78 is 10.3. The first-order valence-electron chi connectivity index (χ1n) is 6.62. The Hall–Kier alpha value is -1.92. The number of aromatic nitrogens is 2. The van der Waals surface area contributed by atoms with Crippen LogP contribution in [-0.4, -0.2) is 43.4 Å². The highest BCUT2D eigenvalue weighted by Gasteiger charge is 2.03. The summed E-state index contributed by atoms with van der Waals surface area (Å²) in [6.07, 6.45) is 2.45. The van der Waals surface area contributed by atoms with Gasteiger partial charge in [0.05, 0.1) is 18.7 Å². The first-order chi connectivity index (χ1) is 9.81. The zero-order valence-electron chi connectivity index (χ0n) is 11.6. The number of hydrogen-bond acceptors (Lipinski definition) is 6. The average Bonchev–Trinajstić information content (AvgIpc) is 2.46. The Morgan fingerprint density at radius 3 is 2.95 bits per heavy atom. The van der Waals surface area contributed by atoms with Gasteiger partial charge in [-0.1, -0.05) is 0 Å². The molecular weight excluding hydrogens is 256 g/mol. The molecule has 0 bridgehead atoms. The standard InChI is InChI=1S/C14H20N4O2/c1-19-7-8-20-6-2-5-16-14-12-9-11(15)3-4-13(12)17-10-18-14/h3-4,9-10H,2,5-8,15H2,1H3,(H,16,17,18). The van der Waals surface area contributed by atoms with E-state index in [1.807, 2.05) is 18.2 Å². The summed E-state index contributed by atoms with van der Waals surface area (Å²) in [5.74, 6) is 0.805. The summed E-state index contributed by atoms with van der Waals surface area (Å²) in [7, 11) is 1.66. The number of hydrogen-bond donors (Lipinski definition) is 2. The van der Waals surface area contributed by atoms with Crippen LogP contribution in [0.4, 0.5) is 11.5 Å². The maximum absolute atomic E-state index is 5.80. The van der Waals surface area contributed by atoms with E-state index < -0.39 is 0 Å². The van der Waals surface area contributed by atoms with Gasteiger partial charge in [0.1, 0.15) is 12.1 Å². The van der Waals surface area contributed by atoms with E-state index in [-0.39, 0.29) is 0 Å². The fourth-order valence-corrected chi connectivity index (χ4v) is 1.84. The van der Waals surface area contributed by atoms with Gasteiger partial charge in [-0.2, -0.15) is 0 Å². The lowest BCUT2D eigenvalue weighted by atomic mass is 10.2. The molecule has 0 fully saturated rings. The van der Waals surface area contributed by atoms with Crippen LogP contribution in [0.3, 0.4) is 0 Å². The largest absolute Gasteiger partial charge is 0.399 e. The molecule has 2 rings (SSSR count). The Morgan fingerprint density at radius 2 is 2.10 bits per heavy atom. The molecular formula is C14H20N4O2. The van der Waals surface area contributed by atoms with E-state index in [2.05, 4.69) is 15.3 Å². The Morgan fingerprint density at radius 1 is 1.20 bits per heavy atom. The highest BCUT2D eigenvalue weighted by Crippen LogP contribution is 2.21. The number of nitrogens with one attached hydrogen (secondary N) is 1. The molecule has 1 aromatic heterocycles. The van der Waals surface area contributed by atoms with Crippen LogP contribution in [0.25, 0.3) is 10.9 Å². The van der Waals surface area contributed by atoms with Gasteiger partial charge in [0, 0.05) is 31.3 Å². The SMILES string of the molecule is COCCOCCCNc1ncnc2ccc(N)cc12. The van der Waals surface area contributed by atoms with E-state index in [4.69, 9.17) is 15.2 Å². The molecule has 3 N–H and O–H groups in total. The van der Waals surface area contributed by atoms with E-state index in [0.29, 0.717) is 25.5 Å². The third-order valence-corrected chi connectivity index (χ3v) is 2.85. The molecule has 1 aromatic carbocycles. The van der Waals surface area contributed by atoms with Gasteiger partial charge in [0.15, 0.2) is 0 Å². The summed E-state index contributed by atoms with van der Waals surface area (Å²) in [5.41, 5.74) is 7.39. The number of nitrogens with two attached hydrogens (primary N) is 1. The van der Waals surface area contributed by atoms with Crippen LogP contribution in [0.1, 0.15) is 6.42 Å². The van der Waals surface area contributed by atoms with Crippen LogP contribution in [0.2, 0.25) is 0 Å². The number of nitrogen functional groups attached to an aromatic ring is 1. The van der Waals surface area contributed by atoms with Crippen molar-refractivity contribution in [2.45, 2.75) is 6.42 Å². The molecule has 0 amide bonds. The number of nitrogens with zero attached hydrogens (tertiary/aromatic N) is 2. The van der Waals surface area contributed by atoms with Gasteiger partial charge in [-0.05, 0) is 24.6 Å². The van der Waals surface area contributed by atoms with Gasteiger partial charge in [-0.25, -0.2) is 9.97 Å². The highest BCUT2D eigenvalue weighted by molar-refractivity contribution is 5.91. The second kappa shape index (κ2) is 7.62. The molecule has 0 aliphatic heterocycles. The molecule has 0 radical (unpaired) electrons. The second-order valence-electron chi connectivity index (χ2n) is 4.38. The van der Waals surface area contributed by atoms with E-state index in [1.165, 1.54) is 0 Å². The fourth-order valence-electron chi connectivity index (χ4n) is 1.84. The molecule has 0 saturated carbocycles. The molecule has 0 unspecified atom stereocenters.